The van der Waals surface area contributed by atoms with E-state index in [1.165, 1.54) is 0 Å². The maximum atomic E-state index is 12.5. The minimum absolute atomic E-state index is 0.137. The largest absolute Gasteiger partial charge is 0.322 e. The summed E-state index contributed by atoms with van der Waals surface area (Å²) in [6, 6.07) is 22.6. The summed E-state index contributed by atoms with van der Waals surface area (Å²) in [4.78, 5) is 16.8. The molecule has 3 heteroatoms. The number of carbonyl (C=O) groups excluding carboxylic acids is 1. The molecule has 1 N–H and O–H groups in total. The van der Waals surface area contributed by atoms with Crippen molar-refractivity contribution in [2.45, 2.75) is 0 Å². The number of aromatic nitrogens is 1. The van der Waals surface area contributed by atoms with Crippen molar-refractivity contribution < 1.29 is 4.79 Å². The van der Waals surface area contributed by atoms with Crippen molar-refractivity contribution >= 4 is 11.6 Å². The number of anilines is 1. The number of nitrogens with zero attached hydrogens (tertiary/aromatic N) is 1. The van der Waals surface area contributed by atoms with E-state index in [0.717, 1.165) is 16.9 Å². The standard InChI is InChI=1S/C18H14N2O/c21-18(20-14-8-2-1-3-9-14)16-11-5-4-10-15(16)17-12-6-7-13-19-17/h1-13H,(H,20,21). The zero-order valence-corrected chi connectivity index (χ0v) is 11.4. The first kappa shape index (κ1) is 13.1. The summed E-state index contributed by atoms with van der Waals surface area (Å²) in [6.07, 6.45) is 1.72. The Morgan fingerprint density at radius 2 is 1.52 bits per heavy atom. The van der Waals surface area contributed by atoms with E-state index in [4.69, 9.17) is 0 Å². The van der Waals surface area contributed by atoms with E-state index in [9.17, 15) is 4.79 Å². The first-order chi connectivity index (χ1) is 10.3. The number of carbonyl (C=O) groups is 1. The van der Waals surface area contributed by atoms with Crippen molar-refractivity contribution in [3.8, 4) is 11.3 Å². The molecule has 2 aromatic carbocycles. The molecule has 102 valence electrons. The second-order valence-electron chi connectivity index (χ2n) is 4.58. The van der Waals surface area contributed by atoms with Gasteiger partial charge in [0.25, 0.3) is 5.91 Å². The molecule has 3 nitrogen and oxygen atoms in total. The summed E-state index contributed by atoms with van der Waals surface area (Å²) in [5.41, 5.74) is 3.00. The fraction of sp³-hybridized carbons (Fsp3) is 0. The highest BCUT2D eigenvalue weighted by atomic mass is 16.1. The number of benzene rings is 2. The SMILES string of the molecule is O=C(Nc1ccccc1)c1ccccc1-c1ccccn1. The molecular weight excluding hydrogens is 260 g/mol. The van der Waals surface area contributed by atoms with Gasteiger partial charge < -0.3 is 5.32 Å². The fourth-order valence-electron chi connectivity index (χ4n) is 2.15. The maximum absolute atomic E-state index is 12.5. The van der Waals surface area contributed by atoms with Crippen LogP contribution >= 0.6 is 0 Å². The van der Waals surface area contributed by atoms with Crippen LogP contribution in [0.1, 0.15) is 10.4 Å². The van der Waals surface area contributed by atoms with E-state index in [1.54, 1.807) is 6.20 Å². The number of nitrogens with one attached hydrogen (secondary N) is 1. The summed E-state index contributed by atoms with van der Waals surface area (Å²) in [5, 5.41) is 2.90. The predicted molar refractivity (Wildman–Crippen MR) is 84.1 cm³/mol. The van der Waals surface area contributed by atoms with Gasteiger partial charge in [-0.1, -0.05) is 42.5 Å². The fourth-order valence-corrected chi connectivity index (χ4v) is 2.15. The van der Waals surface area contributed by atoms with Crippen LogP contribution in [0.4, 0.5) is 5.69 Å². The molecule has 0 fully saturated rings. The number of amides is 1. The summed E-state index contributed by atoms with van der Waals surface area (Å²) >= 11 is 0. The normalized spacial score (nSPS) is 10.1. The van der Waals surface area contributed by atoms with Crippen LogP contribution in [0.25, 0.3) is 11.3 Å². The molecule has 0 atom stereocenters. The Kier molecular flexibility index (Phi) is 3.74. The van der Waals surface area contributed by atoms with Gasteiger partial charge in [0.1, 0.15) is 0 Å². The minimum atomic E-state index is -0.137. The van der Waals surface area contributed by atoms with Crippen LogP contribution < -0.4 is 5.32 Å². The van der Waals surface area contributed by atoms with E-state index in [-0.39, 0.29) is 5.91 Å². The number of para-hydroxylation sites is 1. The Bertz CT molecular complexity index is 739. The maximum Gasteiger partial charge on any atom is 0.256 e. The average molecular weight is 274 g/mol. The molecule has 1 aromatic heterocycles. The average Bonchev–Trinajstić information content (AvgIpc) is 2.56. The smallest absolute Gasteiger partial charge is 0.256 e. The molecule has 1 amide bonds. The van der Waals surface area contributed by atoms with Gasteiger partial charge in [-0.25, -0.2) is 0 Å². The quantitative estimate of drug-likeness (QED) is 0.784. The molecule has 0 unspecified atom stereocenters. The van der Waals surface area contributed by atoms with Crippen LogP contribution in [0.15, 0.2) is 79.0 Å². The Hall–Kier alpha value is -2.94. The lowest BCUT2D eigenvalue weighted by atomic mass is 10.0. The van der Waals surface area contributed by atoms with Gasteiger partial charge in [-0.2, -0.15) is 0 Å². The lowest BCUT2D eigenvalue weighted by Crippen LogP contribution is -2.13. The van der Waals surface area contributed by atoms with Gasteiger partial charge in [0, 0.05) is 23.0 Å². The third kappa shape index (κ3) is 2.98. The molecule has 0 aliphatic rings. The van der Waals surface area contributed by atoms with Crippen LogP contribution in [0.5, 0.6) is 0 Å². The van der Waals surface area contributed by atoms with Gasteiger partial charge >= 0.3 is 0 Å². The number of pyridine rings is 1. The molecule has 21 heavy (non-hydrogen) atoms. The van der Waals surface area contributed by atoms with Crippen LogP contribution in [0.2, 0.25) is 0 Å². The number of hydrogen-bond donors (Lipinski definition) is 1. The van der Waals surface area contributed by atoms with E-state index in [2.05, 4.69) is 10.3 Å². The van der Waals surface area contributed by atoms with Crippen LogP contribution in [0.3, 0.4) is 0 Å². The van der Waals surface area contributed by atoms with Crippen molar-refractivity contribution in [1.82, 2.24) is 4.98 Å². The molecule has 3 rings (SSSR count). The first-order valence-corrected chi connectivity index (χ1v) is 6.71. The highest BCUT2D eigenvalue weighted by Gasteiger charge is 2.12. The molecule has 0 saturated heterocycles. The van der Waals surface area contributed by atoms with E-state index < -0.39 is 0 Å². The van der Waals surface area contributed by atoms with Crippen molar-refractivity contribution in [1.29, 1.82) is 0 Å². The van der Waals surface area contributed by atoms with E-state index in [0.29, 0.717) is 5.56 Å². The zero-order chi connectivity index (χ0) is 14.5. The second kappa shape index (κ2) is 6.01. The minimum Gasteiger partial charge on any atom is -0.322 e. The lowest BCUT2D eigenvalue weighted by Gasteiger charge is -2.09. The van der Waals surface area contributed by atoms with E-state index in [1.807, 2.05) is 72.8 Å². The lowest BCUT2D eigenvalue weighted by molar-refractivity contribution is 0.102. The number of hydrogen-bond acceptors (Lipinski definition) is 2. The molecule has 0 aliphatic heterocycles. The molecule has 3 aromatic rings. The summed E-state index contributed by atoms with van der Waals surface area (Å²) in [5.74, 6) is -0.137. The third-order valence-electron chi connectivity index (χ3n) is 3.14. The summed E-state index contributed by atoms with van der Waals surface area (Å²) in [6.45, 7) is 0. The molecular formula is C18H14N2O. The van der Waals surface area contributed by atoms with Crippen molar-refractivity contribution in [2.75, 3.05) is 5.32 Å². The second-order valence-corrected chi connectivity index (χ2v) is 4.58. The molecule has 0 bridgehead atoms. The van der Waals surface area contributed by atoms with Crippen molar-refractivity contribution in [3.63, 3.8) is 0 Å². The summed E-state index contributed by atoms with van der Waals surface area (Å²) < 4.78 is 0. The van der Waals surface area contributed by atoms with Crippen molar-refractivity contribution in [2.24, 2.45) is 0 Å². The van der Waals surface area contributed by atoms with Gasteiger partial charge in [-0.15, -0.1) is 0 Å². The van der Waals surface area contributed by atoms with Gasteiger partial charge in [0.2, 0.25) is 0 Å². The predicted octanol–water partition coefficient (Wildman–Crippen LogP) is 4.00. The third-order valence-corrected chi connectivity index (χ3v) is 3.14. The Morgan fingerprint density at radius 1 is 0.810 bits per heavy atom. The van der Waals surface area contributed by atoms with E-state index >= 15 is 0 Å². The monoisotopic (exact) mass is 274 g/mol. The van der Waals surface area contributed by atoms with Crippen LogP contribution in [-0.4, -0.2) is 10.9 Å². The number of rotatable bonds is 3. The van der Waals surface area contributed by atoms with Gasteiger partial charge in [-0.3, -0.25) is 9.78 Å². The Labute approximate surface area is 123 Å². The molecule has 0 aliphatic carbocycles. The van der Waals surface area contributed by atoms with Gasteiger partial charge in [0.15, 0.2) is 0 Å². The molecule has 1 heterocycles. The molecule has 0 saturated carbocycles. The van der Waals surface area contributed by atoms with Crippen LogP contribution in [0, 0.1) is 0 Å². The van der Waals surface area contributed by atoms with Gasteiger partial charge in [0.05, 0.1) is 5.69 Å². The summed E-state index contributed by atoms with van der Waals surface area (Å²) in [7, 11) is 0. The molecule has 0 radical (unpaired) electrons. The topological polar surface area (TPSA) is 42.0 Å². The Balaban J connectivity index is 1.94. The van der Waals surface area contributed by atoms with Crippen molar-refractivity contribution in [3.05, 3.63) is 84.6 Å². The Morgan fingerprint density at radius 3 is 2.29 bits per heavy atom. The zero-order valence-electron chi connectivity index (χ0n) is 11.4. The highest BCUT2D eigenvalue weighted by molar-refractivity contribution is 6.08. The van der Waals surface area contributed by atoms with Gasteiger partial charge in [-0.05, 0) is 30.3 Å². The highest BCUT2D eigenvalue weighted by Crippen LogP contribution is 2.22. The first-order valence-electron chi connectivity index (χ1n) is 6.71. The van der Waals surface area contributed by atoms with Crippen LogP contribution in [-0.2, 0) is 0 Å². The molecule has 0 spiro atoms.